The van der Waals surface area contributed by atoms with E-state index in [1.807, 2.05) is 6.08 Å². The maximum Gasteiger partial charge on any atom is 0.355 e. The monoisotopic (exact) mass is 551 g/mol. The van der Waals surface area contributed by atoms with Crippen molar-refractivity contribution in [1.82, 2.24) is 4.90 Å². The molecule has 3 rings (SSSR count). The van der Waals surface area contributed by atoms with Crippen molar-refractivity contribution in [2.24, 2.45) is 0 Å². The molecule has 3 aliphatic rings. The molecule has 8 heteroatoms. The molecule has 0 atom stereocenters. The highest BCUT2D eigenvalue weighted by atomic mass is 16.5. The fourth-order valence-corrected chi connectivity index (χ4v) is 3.42. The SMILES string of the molecule is O=C1C=CC=CCC(=O)CCOC(=O)C2=CC=CCN2C(=O)C(=O)C2=CC=CC(=C/C=C\C=CC=C/C=C\C=C/1)O2. The van der Waals surface area contributed by atoms with Crippen LogP contribution in [0.1, 0.15) is 12.8 Å². The molecule has 8 nitrogen and oxygen atoms in total. The van der Waals surface area contributed by atoms with Gasteiger partial charge in [0.2, 0.25) is 0 Å². The zero-order valence-electron chi connectivity index (χ0n) is 22.3. The summed E-state index contributed by atoms with van der Waals surface area (Å²) in [5, 5.41) is 0. The third-order valence-corrected chi connectivity index (χ3v) is 5.45. The number of ether oxygens (including phenoxy) is 2. The number of fused-ring (bicyclic) bond motifs is 3. The van der Waals surface area contributed by atoms with Crippen LogP contribution in [0.2, 0.25) is 0 Å². The summed E-state index contributed by atoms with van der Waals surface area (Å²) in [5.41, 5.74) is -0.118. The van der Waals surface area contributed by atoms with E-state index >= 15 is 0 Å². The fourth-order valence-electron chi connectivity index (χ4n) is 3.42. The number of ketones is 3. The lowest BCUT2D eigenvalue weighted by Crippen LogP contribution is -2.41. The smallest absolute Gasteiger partial charge is 0.355 e. The minimum Gasteiger partial charge on any atom is -0.461 e. The van der Waals surface area contributed by atoms with Gasteiger partial charge in [-0.3, -0.25) is 24.1 Å². The zero-order chi connectivity index (χ0) is 29.3. The van der Waals surface area contributed by atoms with Crippen molar-refractivity contribution >= 4 is 29.2 Å². The number of carbonyl (C=O) groups is 5. The van der Waals surface area contributed by atoms with Crippen LogP contribution >= 0.6 is 0 Å². The maximum atomic E-state index is 13.0. The summed E-state index contributed by atoms with van der Waals surface area (Å²) >= 11 is 0. The molecule has 2 bridgehead atoms. The van der Waals surface area contributed by atoms with Crippen molar-refractivity contribution in [3.05, 3.63) is 145 Å². The minimum atomic E-state index is -0.954. The van der Waals surface area contributed by atoms with Gasteiger partial charge in [-0.2, -0.15) is 0 Å². The van der Waals surface area contributed by atoms with Gasteiger partial charge in [-0.15, -0.1) is 0 Å². The van der Waals surface area contributed by atoms with Crippen molar-refractivity contribution in [2.75, 3.05) is 13.2 Å². The van der Waals surface area contributed by atoms with Crippen LogP contribution in [0.25, 0.3) is 0 Å². The number of hydrogen-bond donors (Lipinski definition) is 0. The number of hydrogen-bond acceptors (Lipinski definition) is 7. The molecule has 1 amide bonds. The lowest BCUT2D eigenvalue weighted by Gasteiger charge is -2.24. The van der Waals surface area contributed by atoms with Gasteiger partial charge >= 0.3 is 11.9 Å². The Morgan fingerprint density at radius 2 is 1.32 bits per heavy atom. The van der Waals surface area contributed by atoms with Crippen LogP contribution in [0.3, 0.4) is 0 Å². The number of nitrogens with zero attached hydrogens (tertiary/aromatic N) is 1. The summed E-state index contributed by atoms with van der Waals surface area (Å²) in [6, 6.07) is 0. The first-order chi connectivity index (χ1) is 20.0. The molecule has 0 aliphatic carbocycles. The highest BCUT2D eigenvalue weighted by Gasteiger charge is 2.32. The van der Waals surface area contributed by atoms with E-state index in [0.717, 1.165) is 4.90 Å². The highest BCUT2D eigenvalue weighted by molar-refractivity contribution is 6.42. The number of cyclic esters (lactones) is 1. The summed E-state index contributed by atoms with van der Waals surface area (Å²) in [6.45, 7) is -0.202. The Labute approximate surface area is 238 Å². The van der Waals surface area contributed by atoms with Crippen molar-refractivity contribution in [3.8, 4) is 0 Å². The second-order valence-corrected chi connectivity index (χ2v) is 8.50. The molecule has 0 spiro atoms. The topological polar surface area (TPSA) is 107 Å². The molecule has 0 fully saturated rings. The van der Waals surface area contributed by atoms with Crippen molar-refractivity contribution in [2.45, 2.75) is 12.8 Å². The molecule has 0 saturated carbocycles. The van der Waals surface area contributed by atoms with Crippen LogP contribution in [0.4, 0.5) is 0 Å². The van der Waals surface area contributed by atoms with Gasteiger partial charge in [-0.05, 0) is 36.5 Å². The van der Waals surface area contributed by atoms with Gasteiger partial charge in [-0.1, -0.05) is 91.1 Å². The van der Waals surface area contributed by atoms with E-state index in [1.54, 1.807) is 91.1 Å². The quantitative estimate of drug-likeness (QED) is 0.321. The molecular formula is C33H29NO7. The first kappa shape index (κ1) is 30.2. The predicted octanol–water partition coefficient (Wildman–Crippen LogP) is 4.56. The van der Waals surface area contributed by atoms with Gasteiger partial charge < -0.3 is 9.47 Å². The Kier molecular flexibility index (Phi) is 12.2. The van der Waals surface area contributed by atoms with Gasteiger partial charge in [0.25, 0.3) is 5.78 Å². The van der Waals surface area contributed by atoms with Gasteiger partial charge in [0.15, 0.2) is 11.5 Å². The Hall–Kier alpha value is -5.37. The number of Topliss-reactive ketones (excluding diaryl/α,β-unsaturated/α-hetero) is 2. The van der Waals surface area contributed by atoms with Crippen molar-refractivity contribution < 1.29 is 33.4 Å². The van der Waals surface area contributed by atoms with Crippen LogP contribution in [0, 0.1) is 0 Å². The van der Waals surface area contributed by atoms with Gasteiger partial charge in [0.1, 0.15) is 17.2 Å². The van der Waals surface area contributed by atoms with Gasteiger partial charge in [0, 0.05) is 19.4 Å². The van der Waals surface area contributed by atoms with Gasteiger partial charge in [-0.25, -0.2) is 4.79 Å². The van der Waals surface area contributed by atoms with Crippen LogP contribution in [0.15, 0.2) is 145 Å². The summed E-state index contributed by atoms with van der Waals surface area (Å²) in [4.78, 5) is 63.6. The Morgan fingerprint density at radius 1 is 0.634 bits per heavy atom. The number of esters is 1. The molecule has 0 saturated heterocycles. The standard InChI is InChI=1S/C33H29NO7/c35-26-16-9-6-4-2-1-3-5-7-12-19-28-20-15-22-30(41-28)31(37)32(38)34-24-14-13-21-29(34)33(39)40-25-23-27(36)18-11-8-10-17-26/h1-17,19-22H,18,23-25H2/b2-1?,5-3?,6-4-,11-8?,12-7-,16-9-,17-10?,28-19?. The predicted molar refractivity (Wildman–Crippen MR) is 155 cm³/mol. The summed E-state index contributed by atoms with van der Waals surface area (Å²) < 4.78 is 10.8. The molecule has 0 aromatic heterocycles. The van der Waals surface area contributed by atoms with Crippen molar-refractivity contribution in [1.29, 1.82) is 0 Å². The Morgan fingerprint density at radius 3 is 2.07 bits per heavy atom. The molecule has 3 aliphatic heterocycles. The molecule has 0 radical (unpaired) electrons. The molecular weight excluding hydrogens is 522 g/mol. The zero-order valence-corrected chi connectivity index (χ0v) is 22.3. The summed E-state index contributed by atoms with van der Waals surface area (Å²) in [6.07, 6.45) is 34.2. The molecule has 3 heterocycles. The van der Waals surface area contributed by atoms with E-state index in [2.05, 4.69) is 0 Å². The normalized spacial score (nSPS) is 21.8. The van der Waals surface area contributed by atoms with E-state index < -0.39 is 17.7 Å². The van der Waals surface area contributed by atoms with E-state index in [9.17, 15) is 24.0 Å². The molecule has 208 valence electrons. The number of carbonyl (C=O) groups excluding carboxylic acids is 5. The number of amides is 1. The van der Waals surface area contributed by atoms with Crippen molar-refractivity contribution in [3.63, 3.8) is 0 Å². The van der Waals surface area contributed by atoms with E-state index in [1.165, 1.54) is 30.4 Å². The maximum absolute atomic E-state index is 13.0. The lowest BCUT2D eigenvalue weighted by atomic mass is 10.1. The Balaban J connectivity index is 1.75. The third kappa shape index (κ3) is 10.4. The fraction of sp³-hybridized carbons (Fsp3) is 0.121. The first-order valence-corrected chi connectivity index (χ1v) is 12.9. The third-order valence-electron chi connectivity index (χ3n) is 5.45. The highest BCUT2D eigenvalue weighted by Crippen LogP contribution is 2.19. The molecule has 0 unspecified atom stereocenters. The van der Waals surface area contributed by atoms with Gasteiger partial charge in [0.05, 0.1) is 6.61 Å². The largest absolute Gasteiger partial charge is 0.461 e. The molecule has 41 heavy (non-hydrogen) atoms. The average molecular weight is 552 g/mol. The van der Waals surface area contributed by atoms with E-state index in [4.69, 9.17) is 9.47 Å². The molecule has 0 N–H and O–H groups in total. The second kappa shape index (κ2) is 16.6. The summed E-state index contributed by atoms with van der Waals surface area (Å²) in [7, 11) is 0. The van der Waals surface area contributed by atoms with Crippen LogP contribution in [0.5, 0.6) is 0 Å². The molecule has 0 aromatic carbocycles. The van der Waals surface area contributed by atoms with Crippen LogP contribution in [-0.2, 0) is 33.4 Å². The molecule has 0 aromatic rings. The number of rotatable bonds is 0. The lowest BCUT2D eigenvalue weighted by molar-refractivity contribution is -0.147. The Bertz CT molecular complexity index is 1420. The second-order valence-electron chi connectivity index (χ2n) is 8.50. The minimum absolute atomic E-state index is 0.00777. The first-order valence-electron chi connectivity index (χ1n) is 12.9. The summed E-state index contributed by atoms with van der Waals surface area (Å²) in [5.74, 6) is -2.93. The van der Waals surface area contributed by atoms with E-state index in [-0.39, 0.29) is 49.0 Å². The van der Waals surface area contributed by atoms with Crippen LogP contribution in [-0.4, -0.2) is 47.3 Å². The number of allylic oxidation sites excluding steroid dienone is 20. The van der Waals surface area contributed by atoms with Crippen LogP contribution < -0.4 is 0 Å². The average Bonchev–Trinajstić information content (AvgIpc) is 2.98. The van der Waals surface area contributed by atoms with E-state index in [0.29, 0.717) is 5.76 Å².